The second-order valence-electron chi connectivity index (χ2n) is 6.28. The fourth-order valence-electron chi connectivity index (χ4n) is 3.02. The first-order valence-electron chi connectivity index (χ1n) is 9.60. The number of H-pyrrole nitrogens is 1. The highest BCUT2D eigenvalue weighted by Gasteiger charge is 2.10. The Labute approximate surface area is 175 Å². The highest BCUT2D eigenvalue weighted by Crippen LogP contribution is 2.25. The quantitative estimate of drug-likeness (QED) is 0.423. The summed E-state index contributed by atoms with van der Waals surface area (Å²) in [6, 6.07) is 13.1. The zero-order valence-corrected chi connectivity index (χ0v) is 17.6. The van der Waals surface area contributed by atoms with Gasteiger partial charge in [0.15, 0.2) is 5.82 Å². The molecule has 1 heterocycles. The van der Waals surface area contributed by atoms with Gasteiger partial charge in [-0.3, -0.25) is 0 Å². The third kappa shape index (κ3) is 4.65. The molecule has 29 heavy (non-hydrogen) atoms. The predicted octanol–water partition coefficient (Wildman–Crippen LogP) is 4.44. The standard InChI is InChI=1S/C21H25N5O2S/c1-4-25(5-2)17-11-10-16(19(27)13-17)14-22-26-20(23-24-21(26)29)15-8-7-9-18(12-15)28-6-3/h7-14,27H,4-6H2,1-3H3,(H,24,29)/b22-14+. The van der Waals surface area contributed by atoms with Crippen molar-refractivity contribution in [3.05, 3.63) is 52.8 Å². The lowest BCUT2D eigenvalue weighted by atomic mass is 10.2. The van der Waals surface area contributed by atoms with E-state index in [1.165, 1.54) is 4.68 Å². The fourth-order valence-corrected chi connectivity index (χ4v) is 3.20. The number of hydrogen-bond donors (Lipinski definition) is 2. The molecule has 3 aromatic rings. The number of nitrogens with zero attached hydrogens (tertiary/aromatic N) is 4. The van der Waals surface area contributed by atoms with Gasteiger partial charge >= 0.3 is 0 Å². The molecule has 0 aliphatic heterocycles. The Hall–Kier alpha value is -3.13. The van der Waals surface area contributed by atoms with Crippen LogP contribution in [0.3, 0.4) is 0 Å². The van der Waals surface area contributed by atoms with Gasteiger partial charge in [-0.15, -0.1) is 0 Å². The molecule has 8 heteroatoms. The average molecular weight is 412 g/mol. The van der Waals surface area contributed by atoms with Crippen molar-refractivity contribution in [2.75, 3.05) is 24.6 Å². The van der Waals surface area contributed by atoms with Crippen molar-refractivity contribution in [3.8, 4) is 22.9 Å². The van der Waals surface area contributed by atoms with Crippen LogP contribution < -0.4 is 9.64 Å². The highest BCUT2D eigenvalue weighted by atomic mass is 32.1. The molecule has 3 rings (SSSR count). The minimum Gasteiger partial charge on any atom is -0.507 e. The van der Waals surface area contributed by atoms with E-state index in [9.17, 15) is 5.11 Å². The van der Waals surface area contributed by atoms with Crippen LogP contribution >= 0.6 is 12.2 Å². The largest absolute Gasteiger partial charge is 0.507 e. The predicted molar refractivity (Wildman–Crippen MR) is 119 cm³/mol. The first-order valence-corrected chi connectivity index (χ1v) is 10.0. The zero-order chi connectivity index (χ0) is 20.8. The Balaban J connectivity index is 1.92. The Bertz CT molecular complexity index is 1050. The number of nitrogens with one attached hydrogen (secondary N) is 1. The molecule has 0 atom stereocenters. The molecule has 2 N–H and O–H groups in total. The minimum atomic E-state index is 0.160. The topological polar surface area (TPSA) is 78.7 Å². The van der Waals surface area contributed by atoms with E-state index >= 15 is 0 Å². The lowest BCUT2D eigenvalue weighted by molar-refractivity contribution is 0.340. The second-order valence-corrected chi connectivity index (χ2v) is 6.67. The van der Waals surface area contributed by atoms with Crippen LogP contribution in [0.1, 0.15) is 26.3 Å². The molecule has 0 amide bonds. The number of phenolic OH excluding ortho intramolecular Hbond substituents is 1. The molecule has 0 aliphatic carbocycles. The third-order valence-electron chi connectivity index (χ3n) is 4.51. The van der Waals surface area contributed by atoms with Crippen LogP contribution in [-0.4, -0.2) is 45.9 Å². The molecule has 0 saturated heterocycles. The monoisotopic (exact) mass is 411 g/mol. The average Bonchev–Trinajstić information content (AvgIpc) is 3.09. The number of rotatable bonds is 8. The van der Waals surface area contributed by atoms with Gasteiger partial charge < -0.3 is 14.7 Å². The van der Waals surface area contributed by atoms with Crippen LogP contribution in [0.2, 0.25) is 0 Å². The van der Waals surface area contributed by atoms with E-state index in [1.807, 2.05) is 43.3 Å². The molecule has 0 saturated carbocycles. The fraction of sp³-hybridized carbons (Fsp3) is 0.286. The van der Waals surface area contributed by atoms with E-state index in [1.54, 1.807) is 12.3 Å². The van der Waals surface area contributed by atoms with E-state index in [-0.39, 0.29) is 5.75 Å². The maximum Gasteiger partial charge on any atom is 0.216 e. The summed E-state index contributed by atoms with van der Waals surface area (Å²) in [6.45, 7) is 8.43. The molecule has 0 spiro atoms. The molecule has 1 aromatic heterocycles. The third-order valence-corrected chi connectivity index (χ3v) is 4.77. The van der Waals surface area contributed by atoms with Crippen LogP contribution in [-0.2, 0) is 0 Å². The molecule has 0 fully saturated rings. The summed E-state index contributed by atoms with van der Waals surface area (Å²) in [5, 5.41) is 21.9. The number of aromatic nitrogens is 3. The highest BCUT2D eigenvalue weighted by molar-refractivity contribution is 7.71. The van der Waals surface area contributed by atoms with Crippen molar-refractivity contribution < 1.29 is 9.84 Å². The SMILES string of the molecule is CCOc1cccc(-c2n[nH]c(=S)n2/N=C/c2ccc(N(CC)CC)cc2O)c1. The maximum absolute atomic E-state index is 10.4. The van der Waals surface area contributed by atoms with E-state index in [0.717, 1.165) is 30.1 Å². The minimum absolute atomic E-state index is 0.160. The molecule has 0 radical (unpaired) electrons. The number of phenols is 1. The van der Waals surface area contributed by atoms with Crippen molar-refractivity contribution in [1.29, 1.82) is 0 Å². The van der Waals surface area contributed by atoms with Crippen molar-refractivity contribution in [1.82, 2.24) is 14.9 Å². The summed E-state index contributed by atoms with van der Waals surface area (Å²) in [4.78, 5) is 2.16. The van der Waals surface area contributed by atoms with Crippen molar-refractivity contribution in [3.63, 3.8) is 0 Å². The van der Waals surface area contributed by atoms with Crippen LogP contribution in [0.5, 0.6) is 11.5 Å². The summed E-state index contributed by atoms with van der Waals surface area (Å²) >= 11 is 5.32. The molecule has 2 aromatic carbocycles. The van der Waals surface area contributed by atoms with Gasteiger partial charge in [0.25, 0.3) is 0 Å². The van der Waals surface area contributed by atoms with Crippen LogP contribution in [0.15, 0.2) is 47.6 Å². The van der Waals surface area contributed by atoms with Crippen molar-refractivity contribution >= 4 is 24.1 Å². The summed E-state index contributed by atoms with van der Waals surface area (Å²) < 4.78 is 7.44. The maximum atomic E-state index is 10.4. The summed E-state index contributed by atoms with van der Waals surface area (Å²) in [6.07, 6.45) is 1.57. The lowest BCUT2D eigenvalue weighted by Gasteiger charge is -2.21. The number of aromatic amines is 1. The molecule has 7 nitrogen and oxygen atoms in total. The normalized spacial score (nSPS) is 11.1. The number of anilines is 1. The van der Waals surface area contributed by atoms with Gasteiger partial charge in [-0.05, 0) is 57.3 Å². The first-order chi connectivity index (χ1) is 14.1. The van der Waals surface area contributed by atoms with Gasteiger partial charge in [0.2, 0.25) is 4.77 Å². The van der Waals surface area contributed by atoms with Crippen LogP contribution in [0, 0.1) is 4.77 Å². The lowest BCUT2D eigenvalue weighted by Crippen LogP contribution is -2.21. The Morgan fingerprint density at radius 1 is 1.21 bits per heavy atom. The Kier molecular flexibility index (Phi) is 6.66. The van der Waals surface area contributed by atoms with Gasteiger partial charge in [-0.25, -0.2) is 5.10 Å². The Morgan fingerprint density at radius 2 is 2.00 bits per heavy atom. The molecule has 0 aliphatic rings. The van der Waals surface area contributed by atoms with Gasteiger partial charge in [-0.1, -0.05) is 12.1 Å². The van der Waals surface area contributed by atoms with Gasteiger partial charge in [0.1, 0.15) is 11.5 Å². The Morgan fingerprint density at radius 3 is 2.69 bits per heavy atom. The number of ether oxygens (including phenoxy) is 1. The number of aromatic hydroxyl groups is 1. The van der Waals surface area contributed by atoms with Gasteiger partial charge in [0, 0.05) is 36.0 Å². The second kappa shape index (κ2) is 9.38. The van der Waals surface area contributed by atoms with E-state index in [2.05, 4.69) is 34.0 Å². The number of hydrogen-bond acceptors (Lipinski definition) is 6. The van der Waals surface area contributed by atoms with Gasteiger partial charge in [0.05, 0.1) is 12.8 Å². The first kappa shape index (κ1) is 20.6. The summed E-state index contributed by atoms with van der Waals surface area (Å²) in [5.41, 5.74) is 2.39. The molecular weight excluding hydrogens is 386 g/mol. The van der Waals surface area contributed by atoms with Crippen molar-refractivity contribution in [2.24, 2.45) is 5.10 Å². The van der Waals surface area contributed by atoms with Crippen molar-refractivity contribution in [2.45, 2.75) is 20.8 Å². The number of benzene rings is 2. The van der Waals surface area contributed by atoms with E-state index < -0.39 is 0 Å². The zero-order valence-electron chi connectivity index (χ0n) is 16.8. The van der Waals surface area contributed by atoms with Crippen LogP contribution in [0.4, 0.5) is 5.69 Å². The van der Waals surface area contributed by atoms with E-state index in [0.29, 0.717) is 22.8 Å². The smallest absolute Gasteiger partial charge is 0.216 e. The van der Waals surface area contributed by atoms with E-state index in [4.69, 9.17) is 17.0 Å². The summed E-state index contributed by atoms with van der Waals surface area (Å²) in [7, 11) is 0. The van der Waals surface area contributed by atoms with Crippen LogP contribution in [0.25, 0.3) is 11.4 Å². The van der Waals surface area contributed by atoms with Gasteiger partial charge in [-0.2, -0.15) is 14.9 Å². The summed E-state index contributed by atoms with van der Waals surface area (Å²) in [5.74, 6) is 1.47. The molecule has 0 bridgehead atoms. The molecule has 152 valence electrons. The molecular formula is C21H25N5O2S. The molecule has 0 unspecified atom stereocenters.